The molecule has 0 spiro atoms. The van der Waals surface area contributed by atoms with Gasteiger partial charge < -0.3 is 9.84 Å². The average molecular weight is 499 g/mol. The molecule has 0 unspecified atom stereocenters. The van der Waals surface area contributed by atoms with E-state index >= 15 is 0 Å². The molecular weight excluding hydrogens is 448 g/mol. The number of carbonyl (C=O) groups is 2. The van der Waals surface area contributed by atoms with Crippen molar-refractivity contribution in [2.45, 2.75) is 126 Å². The Morgan fingerprint density at radius 1 is 0.833 bits per heavy atom. The summed E-state index contributed by atoms with van der Waals surface area (Å²) in [6.07, 6.45) is 12.6. The second kappa shape index (κ2) is 7.85. The first-order valence-electron chi connectivity index (χ1n) is 14.6. The number of carboxylic acid groups (broad SMARTS) is 1. The third-order valence-electron chi connectivity index (χ3n) is 13.0. The second-order valence-electron chi connectivity index (χ2n) is 15.7. The molecule has 0 saturated heterocycles. The van der Waals surface area contributed by atoms with E-state index in [1.54, 1.807) is 12.5 Å². The van der Waals surface area contributed by atoms with Crippen LogP contribution in [-0.4, -0.2) is 23.1 Å². The van der Waals surface area contributed by atoms with Gasteiger partial charge >= 0.3 is 11.9 Å². The molecule has 0 radical (unpaired) electrons. The van der Waals surface area contributed by atoms with Gasteiger partial charge in [-0.2, -0.15) is 0 Å². The van der Waals surface area contributed by atoms with Gasteiger partial charge in [-0.1, -0.05) is 60.1 Å². The van der Waals surface area contributed by atoms with Crippen molar-refractivity contribution in [1.82, 2.24) is 0 Å². The van der Waals surface area contributed by atoms with Gasteiger partial charge in [0.2, 0.25) is 0 Å². The van der Waals surface area contributed by atoms with E-state index in [1.807, 2.05) is 0 Å². The van der Waals surface area contributed by atoms with Crippen LogP contribution in [0.1, 0.15) is 120 Å². The third kappa shape index (κ3) is 3.37. The predicted octanol–water partition coefficient (Wildman–Crippen LogP) is 7.80. The summed E-state index contributed by atoms with van der Waals surface area (Å²) < 4.78 is 5.87. The van der Waals surface area contributed by atoms with Crippen LogP contribution in [0.5, 0.6) is 0 Å². The van der Waals surface area contributed by atoms with Crippen molar-refractivity contribution in [2.75, 3.05) is 0 Å². The van der Waals surface area contributed by atoms with Crippen LogP contribution in [0.3, 0.4) is 0 Å². The summed E-state index contributed by atoms with van der Waals surface area (Å²) >= 11 is 0. The molecule has 0 bridgehead atoms. The quantitative estimate of drug-likeness (QED) is 0.311. The van der Waals surface area contributed by atoms with Crippen molar-refractivity contribution in [3.8, 4) is 0 Å². The molecule has 4 saturated carbocycles. The highest BCUT2D eigenvalue weighted by Crippen LogP contribution is 2.75. The summed E-state index contributed by atoms with van der Waals surface area (Å²) in [7, 11) is 0. The molecule has 0 aromatic carbocycles. The van der Waals surface area contributed by atoms with E-state index in [1.165, 1.54) is 6.42 Å². The first-order valence-corrected chi connectivity index (χ1v) is 14.6. The smallest absolute Gasteiger partial charge is 0.310 e. The highest BCUT2D eigenvalue weighted by molar-refractivity contribution is 5.76. The fourth-order valence-corrected chi connectivity index (χ4v) is 11.3. The van der Waals surface area contributed by atoms with Crippen LogP contribution in [0, 0.1) is 50.2 Å². The molecule has 0 aliphatic heterocycles. The van der Waals surface area contributed by atoms with Gasteiger partial charge in [-0.3, -0.25) is 9.59 Å². The van der Waals surface area contributed by atoms with E-state index in [0.717, 1.165) is 51.4 Å². The number of hydrogen-bond donors (Lipinski definition) is 1. The van der Waals surface area contributed by atoms with Gasteiger partial charge in [0.05, 0.1) is 5.41 Å². The van der Waals surface area contributed by atoms with Gasteiger partial charge in [0.15, 0.2) is 0 Å². The van der Waals surface area contributed by atoms with E-state index in [2.05, 4.69) is 54.5 Å². The lowest BCUT2D eigenvalue weighted by Gasteiger charge is -2.70. The number of ether oxygens (including phenoxy) is 1. The van der Waals surface area contributed by atoms with Crippen LogP contribution < -0.4 is 0 Å². The lowest BCUT2D eigenvalue weighted by Crippen LogP contribution is -2.64. The standard InChI is InChI=1S/C32H50O4/c1-20(33)36-25-12-15-29(6)21(28(25,4)5)9-13-30(7)22(29)10-14-31(8)23(30)11-16-32(26(34)35)18-17-27(2,3)19-24(31)32/h11,21-22,24-25H,9-10,12-19H2,1-8H3,(H,34,35)/t21-,22-,24-,25-,29-,30+,31+,32+/m0/s1. The van der Waals surface area contributed by atoms with Gasteiger partial charge in [-0.05, 0) is 104 Å². The van der Waals surface area contributed by atoms with Crippen molar-refractivity contribution in [1.29, 1.82) is 0 Å². The maximum absolute atomic E-state index is 12.9. The number of carboxylic acids is 1. The summed E-state index contributed by atoms with van der Waals surface area (Å²) in [5, 5.41) is 10.6. The van der Waals surface area contributed by atoms with E-state index < -0.39 is 11.4 Å². The van der Waals surface area contributed by atoms with E-state index in [-0.39, 0.29) is 45.1 Å². The summed E-state index contributed by atoms with van der Waals surface area (Å²) in [5.74, 6) is 0.616. The highest BCUT2D eigenvalue weighted by Gasteiger charge is 2.68. The van der Waals surface area contributed by atoms with Crippen LogP contribution in [0.2, 0.25) is 0 Å². The van der Waals surface area contributed by atoms with E-state index in [9.17, 15) is 14.7 Å². The van der Waals surface area contributed by atoms with Gasteiger partial charge in [-0.25, -0.2) is 0 Å². The van der Waals surface area contributed by atoms with Crippen molar-refractivity contribution in [3.63, 3.8) is 0 Å². The average Bonchev–Trinajstić information content (AvgIpc) is 2.75. The van der Waals surface area contributed by atoms with Crippen LogP contribution in [-0.2, 0) is 14.3 Å². The number of allylic oxidation sites excluding steroid dienone is 2. The summed E-state index contributed by atoms with van der Waals surface area (Å²) in [6, 6.07) is 0. The SMILES string of the molecule is CC(=O)O[C@H]1CC[C@@]2(C)[C@@H](CC[C@@]3(C)C4=CC[C@@]5(C(=O)O)CCC(C)(C)C[C@H]5[C@]4(C)CC[C@@H]23)C1(C)C. The van der Waals surface area contributed by atoms with Crippen molar-refractivity contribution in [3.05, 3.63) is 11.6 Å². The molecule has 4 fully saturated rings. The molecule has 4 nitrogen and oxygen atoms in total. The number of fused-ring (bicyclic) bond motifs is 7. The lowest BCUT2D eigenvalue weighted by molar-refractivity contribution is -0.200. The first-order chi connectivity index (χ1) is 16.5. The molecular formula is C32H50O4. The molecule has 0 amide bonds. The predicted molar refractivity (Wildman–Crippen MR) is 142 cm³/mol. The number of esters is 1. The van der Waals surface area contributed by atoms with Crippen molar-refractivity contribution in [2.24, 2.45) is 50.2 Å². The Bertz CT molecular complexity index is 992. The zero-order chi connectivity index (χ0) is 26.5. The molecule has 5 aliphatic carbocycles. The summed E-state index contributed by atoms with van der Waals surface area (Å²) in [6.45, 7) is 18.4. The first kappa shape index (κ1) is 26.3. The fourth-order valence-electron chi connectivity index (χ4n) is 11.3. The largest absolute Gasteiger partial charge is 0.481 e. The Balaban J connectivity index is 1.54. The molecule has 8 atom stereocenters. The summed E-state index contributed by atoms with van der Waals surface area (Å²) in [4.78, 5) is 24.7. The zero-order valence-electron chi connectivity index (χ0n) is 24.1. The van der Waals surface area contributed by atoms with E-state index in [0.29, 0.717) is 18.3 Å². The Kier molecular flexibility index (Phi) is 5.74. The van der Waals surface area contributed by atoms with E-state index in [4.69, 9.17) is 4.74 Å². The lowest BCUT2D eigenvalue weighted by atomic mass is 9.34. The maximum atomic E-state index is 12.9. The number of rotatable bonds is 2. The maximum Gasteiger partial charge on any atom is 0.310 e. The molecule has 5 rings (SSSR count). The fraction of sp³-hybridized carbons (Fsp3) is 0.875. The number of aliphatic carboxylic acids is 1. The molecule has 5 aliphatic rings. The minimum atomic E-state index is -0.595. The minimum Gasteiger partial charge on any atom is -0.481 e. The van der Waals surface area contributed by atoms with Crippen LogP contribution >= 0.6 is 0 Å². The van der Waals surface area contributed by atoms with Gasteiger partial charge in [0.1, 0.15) is 6.10 Å². The molecule has 4 heteroatoms. The Labute approximate surface area is 219 Å². The van der Waals surface area contributed by atoms with Gasteiger partial charge in [-0.15, -0.1) is 0 Å². The number of hydrogen-bond acceptors (Lipinski definition) is 3. The second-order valence-corrected chi connectivity index (χ2v) is 15.7. The third-order valence-corrected chi connectivity index (χ3v) is 13.0. The van der Waals surface area contributed by atoms with Gasteiger partial charge in [0.25, 0.3) is 0 Å². The molecule has 36 heavy (non-hydrogen) atoms. The molecule has 0 heterocycles. The Morgan fingerprint density at radius 3 is 2.06 bits per heavy atom. The zero-order valence-corrected chi connectivity index (χ0v) is 24.1. The molecule has 202 valence electrons. The molecule has 0 aromatic rings. The Morgan fingerprint density at radius 2 is 1.44 bits per heavy atom. The van der Waals surface area contributed by atoms with Crippen molar-refractivity contribution < 1.29 is 19.4 Å². The van der Waals surface area contributed by atoms with Crippen LogP contribution in [0.4, 0.5) is 0 Å². The number of carbonyl (C=O) groups excluding carboxylic acids is 1. The van der Waals surface area contributed by atoms with Gasteiger partial charge in [0, 0.05) is 12.3 Å². The molecule has 1 N–H and O–H groups in total. The Hall–Kier alpha value is -1.32. The minimum absolute atomic E-state index is 0.000775. The monoisotopic (exact) mass is 498 g/mol. The van der Waals surface area contributed by atoms with Crippen molar-refractivity contribution >= 4 is 11.9 Å². The summed E-state index contributed by atoms with van der Waals surface area (Å²) in [5.41, 5.74) is 1.47. The van der Waals surface area contributed by atoms with Crippen LogP contribution in [0.15, 0.2) is 11.6 Å². The highest BCUT2D eigenvalue weighted by atomic mass is 16.5. The normalized spacial score (nSPS) is 48.8. The topological polar surface area (TPSA) is 63.6 Å². The molecule has 0 aromatic heterocycles. The van der Waals surface area contributed by atoms with Crippen LogP contribution in [0.25, 0.3) is 0 Å².